The molecule has 10 atom stereocenters. The van der Waals surface area contributed by atoms with E-state index in [9.17, 15) is 15.3 Å². The van der Waals surface area contributed by atoms with Gasteiger partial charge in [-0.15, -0.1) is 0 Å². The average molecular weight is 318 g/mol. The van der Waals surface area contributed by atoms with Crippen molar-refractivity contribution in [2.75, 3.05) is 0 Å². The third-order valence-corrected chi connectivity index (χ3v) is 5.56. The minimum Gasteiger partial charge on any atom is -0.390 e. The molecule has 3 N–H and O–H groups in total. The van der Waals surface area contributed by atoms with E-state index < -0.39 is 12.2 Å². The van der Waals surface area contributed by atoms with Gasteiger partial charge in [0, 0.05) is 5.92 Å². The van der Waals surface area contributed by atoms with Crippen molar-refractivity contribution in [1.82, 2.24) is 0 Å². The first-order chi connectivity index (χ1) is 10.1. The van der Waals surface area contributed by atoms with Crippen LogP contribution in [-0.4, -0.2) is 58.0 Å². The van der Waals surface area contributed by atoms with Gasteiger partial charge in [-0.25, -0.2) is 0 Å². The molecule has 22 heavy (non-hydrogen) atoms. The van der Waals surface area contributed by atoms with Gasteiger partial charge in [0.15, 0.2) is 0 Å². The number of ether oxygens (including phenoxy) is 2. The highest BCUT2D eigenvalue weighted by Crippen LogP contribution is 2.30. The molecular weight excluding hydrogens is 284 g/mol. The van der Waals surface area contributed by atoms with E-state index in [-0.39, 0.29) is 36.4 Å². The topological polar surface area (TPSA) is 79.2 Å². The number of hydrogen-bond donors (Lipinski definition) is 3. The third kappa shape index (κ3) is 4.42. The van der Waals surface area contributed by atoms with Crippen molar-refractivity contribution < 1.29 is 24.8 Å². The zero-order valence-corrected chi connectivity index (χ0v) is 14.9. The second-order valence-electron chi connectivity index (χ2n) is 7.14. The minimum atomic E-state index is -0.735. The van der Waals surface area contributed by atoms with Gasteiger partial charge in [-0.1, -0.05) is 20.8 Å². The summed E-state index contributed by atoms with van der Waals surface area (Å²) >= 11 is 0. The fourth-order valence-corrected chi connectivity index (χ4v) is 3.12. The van der Waals surface area contributed by atoms with Gasteiger partial charge in [0.05, 0.1) is 36.6 Å². The first kappa shape index (κ1) is 19.8. The van der Waals surface area contributed by atoms with Crippen LogP contribution in [0.3, 0.4) is 0 Å². The number of aliphatic hydroxyl groups excluding tert-OH is 3. The Morgan fingerprint density at radius 2 is 0.864 bits per heavy atom. The van der Waals surface area contributed by atoms with Crippen LogP contribution in [0.5, 0.6) is 0 Å². The quantitative estimate of drug-likeness (QED) is 0.632. The highest BCUT2D eigenvalue weighted by molar-refractivity contribution is 4.86. The summed E-state index contributed by atoms with van der Waals surface area (Å²) in [5, 5.41) is 28.4. The molecule has 5 nitrogen and oxygen atoms in total. The van der Waals surface area contributed by atoms with Crippen LogP contribution in [0.15, 0.2) is 0 Å². The molecule has 0 aromatic rings. The zero-order valence-electron chi connectivity index (χ0n) is 14.9. The van der Waals surface area contributed by atoms with E-state index in [1.807, 2.05) is 20.8 Å². The molecule has 5 heteroatoms. The molecule has 2 heterocycles. The predicted octanol–water partition coefficient (Wildman–Crippen LogP) is 1.58. The van der Waals surface area contributed by atoms with Crippen LogP contribution in [0.25, 0.3) is 0 Å². The smallest absolute Gasteiger partial charge is 0.106 e. The fourth-order valence-electron chi connectivity index (χ4n) is 3.12. The van der Waals surface area contributed by atoms with Crippen molar-refractivity contribution in [2.45, 2.75) is 91.2 Å². The second-order valence-corrected chi connectivity index (χ2v) is 7.14. The van der Waals surface area contributed by atoms with E-state index in [2.05, 4.69) is 20.8 Å². The highest BCUT2D eigenvalue weighted by atomic mass is 16.5. The Hall–Kier alpha value is -0.200. The minimum absolute atomic E-state index is 0.00352. The van der Waals surface area contributed by atoms with Gasteiger partial charge in [-0.2, -0.15) is 0 Å². The molecule has 0 aliphatic carbocycles. The Labute approximate surface area is 134 Å². The Kier molecular flexibility index (Phi) is 7.27. The van der Waals surface area contributed by atoms with Crippen LogP contribution in [0, 0.1) is 17.8 Å². The predicted molar refractivity (Wildman–Crippen MR) is 85.5 cm³/mol. The summed E-state index contributed by atoms with van der Waals surface area (Å²) in [6.07, 6.45) is -1.62. The van der Waals surface area contributed by atoms with Gasteiger partial charge in [-0.05, 0) is 39.5 Å². The summed E-state index contributed by atoms with van der Waals surface area (Å²) in [5.41, 5.74) is 0. The van der Waals surface area contributed by atoms with Gasteiger partial charge in [-0.3, -0.25) is 0 Å². The second kappa shape index (κ2) is 8.06. The molecule has 2 rings (SSSR count). The molecule has 4 unspecified atom stereocenters. The van der Waals surface area contributed by atoms with Crippen LogP contribution in [0.4, 0.5) is 0 Å². The Morgan fingerprint density at radius 3 is 1.36 bits per heavy atom. The van der Waals surface area contributed by atoms with Gasteiger partial charge in [0.2, 0.25) is 0 Å². The van der Waals surface area contributed by atoms with Crippen molar-refractivity contribution in [1.29, 1.82) is 0 Å². The van der Waals surface area contributed by atoms with Crippen molar-refractivity contribution in [3.05, 3.63) is 0 Å². The van der Waals surface area contributed by atoms with Crippen molar-refractivity contribution >= 4 is 0 Å². The summed E-state index contributed by atoms with van der Waals surface area (Å²) in [4.78, 5) is 0. The maximum atomic E-state index is 9.61. The summed E-state index contributed by atoms with van der Waals surface area (Å²) in [7, 11) is 0. The van der Waals surface area contributed by atoms with Crippen LogP contribution in [0.2, 0.25) is 0 Å². The Bertz CT molecular complexity index is 277. The normalized spacial score (nSPS) is 52.6. The Morgan fingerprint density at radius 1 is 0.455 bits per heavy atom. The largest absolute Gasteiger partial charge is 0.390 e. The Balaban J connectivity index is 0.000000220. The molecule has 0 aromatic heterocycles. The molecule has 0 amide bonds. The van der Waals surface area contributed by atoms with E-state index in [0.29, 0.717) is 11.8 Å². The average Bonchev–Trinajstić information content (AvgIpc) is 2.47. The third-order valence-electron chi connectivity index (χ3n) is 5.56. The van der Waals surface area contributed by atoms with Gasteiger partial charge in [0.25, 0.3) is 0 Å². The lowest BCUT2D eigenvalue weighted by Crippen LogP contribution is -2.51. The first-order valence-electron chi connectivity index (χ1n) is 8.43. The number of rotatable bonds is 0. The SMILES string of the molecule is CC1O[C@@H](C)C(O)[C@@H](C)[C@H]1C.CC1O[C@@H](C)C(O)[C@@H](O)[C@H]1C. The van der Waals surface area contributed by atoms with E-state index >= 15 is 0 Å². The summed E-state index contributed by atoms with van der Waals surface area (Å²) in [6.45, 7) is 13.8. The van der Waals surface area contributed by atoms with Crippen molar-refractivity contribution in [3.63, 3.8) is 0 Å². The highest BCUT2D eigenvalue weighted by Gasteiger charge is 2.37. The first-order valence-corrected chi connectivity index (χ1v) is 8.43. The lowest BCUT2D eigenvalue weighted by Gasteiger charge is -2.40. The number of hydrogen-bond acceptors (Lipinski definition) is 5. The molecule has 0 aromatic carbocycles. The molecule has 0 bridgehead atoms. The molecule has 0 spiro atoms. The van der Waals surface area contributed by atoms with Gasteiger partial charge < -0.3 is 24.8 Å². The maximum Gasteiger partial charge on any atom is 0.106 e. The molecule has 132 valence electrons. The zero-order chi connectivity index (χ0) is 17.2. The van der Waals surface area contributed by atoms with Crippen LogP contribution < -0.4 is 0 Å². The van der Waals surface area contributed by atoms with E-state index in [1.54, 1.807) is 6.92 Å². The molecular formula is C17H34O5. The molecule has 0 radical (unpaired) electrons. The van der Waals surface area contributed by atoms with E-state index in [1.165, 1.54) is 0 Å². The molecule has 2 aliphatic rings. The standard InChI is InChI=1S/C9H18O2.C8H16O3/c1-5-6(2)9(10)8(4)11-7(5)3;1-4-5(2)11-6(3)8(10)7(4)9/h5-10H,1-4H3;4-10H,1-3H3/t5-,6+,7?,8+,9?;4-,5?,6-,7-,8?/m10/s1. The molecule has 2 fully saturated rings. The van der Waals surface area contributed by atoms with Crippen molar-refractivity contribution in [2.24, 2.45) is 17.8 Å². The molecule has 2 saturated heterocycles. The fraction of sp³-hybridized carbons (Fsp3) is 1.00. The van der Waals surface area contributed by atoms with Crippen LogP contribution >= 0.6 is 0 Å². The monoisotopic (exact) mass is 318 g/mol. The van der Waals surface area contributed by atoms with E-state index in [0.717, 1.165) is 0 Å². The van der Waals surface area contributed by atoms with Crippen LogP contribution in [0.1, 0.15) is 48.5 Å². The maximum absolute atomic E-state index is 9.61. The molecule has 2 aliphatic heterocycles. The van der Waals surface area contributed by atoms with Crippen molar-refractivity contribution in [3.8, 4) is 0 Å². The molecule has 0 saturated carbocycles. The lowest BCUT2D eigenvalue weighted by atomic mass is 9.82. The van der Waals surface area contributed by atoms with Gasteiger partial charge >= 0.3 is 0 Å². The summed E-state index contributed by atoms with van der Waals surface area (Å²) in [6, 6.07) is 0. The number of aliphatic hydroxyl groups is 3. The summed E-state index contributed by atoms with van der Waals surface area (Å²) in [5.74, 6) is 0.830. The lowest BCUT2D eigenvalue weighted by molar-refractivity contribution is -0.184. The van der Waals surface area contributed by atoms with Crippen LogP contribution in [-0.2, 0) is 9.47 Å². The summed E-state index contributed by atoms with van der Waals surface area (Å²) < 4.78 is 10.9. The van der Waals surface area contributed by atoms with E-state index in [4.69, 9.17) is 9.47 Å². The van der Waals surface area contributed by atoms with Gasteiger partial charge in [0.1, 0.15) is 6.10 Å².